The van der Waals surface area contributed by atoms with Crippen molar-refractivity contribution in [1.82, 2.24) is 0 Å². The van der Waals surface area contributed by atoms with Crippen LogP contribution in [0.25, 0.3) is 0 Å². The van der Waals surface area contributed by atoms with Gasteiger partial charge in [-0.25, -0.2) is 17.2 Å². The summed E-state index contributed by atoms with van der Waals surface area (Å²) < 4.78 is 100. The summed E-state index contributed by atoms with van der Waals surface area (Å²) >= 11 is 0. The van der Waals surface area contributed by atoms with E-state index in [4.69, 9.17) is 10.5 Å². The van der Waals surface area contributed by atoms with Crippen molar-refractivity contribution in [2.24, 2.45) is 17.6 Å². The second-order valence-corrected chi connectivity index (χ2v) is 10.6. The van der Waals surface area contributed by atoms with Gasteiger partial charge in [0.15, 0.2) is 21.4 Å². The first-order valence-electron chi connectivity index (χ1n) is 10.3. The lowest BCUT2D eigenvalue weighted by molar-refractivity contribution is -0.137. The molecule has 4 rings (SSSR count). The van der Waals surface area contributed by atoms with Crippen LogP contribution in [0.3, 0.4) is 0 Å². The molecule has 0 amide bonds. The highest BCUT2D eigenvalue weighted by Crippen LogP contribution is 2.57. The Hall–Kier alpha value is -2.20. The number of hydrogen-bond donors (Lipinski definition) is 1. The fourth-order valence-corrected chi connectivity index (χ4v) is 7.50. The summed E-state index contributed by atoms with van der Waals surface area (Å²) in [5.74, 6) is -2.87. The average molecular weight is 475 g/mol. The number of alkyl halides is 3. The molecular weight excluding hydrogens is 453 g/mol. The fourth-order valence-electron chi connectivity index (χ4n) is 5.14. The number of nitrogens with two attached hydrogens (primary N) is 1. The fraction of sp³-hybridized carbons (Fsp3) is 0.455. The number of halogens is 5. The number of hydrogen-bond acceptors (Lipinski definition) is 4. The molecule has 2 aromatic rings. The molecule has 2 N–H and O–H groups in total. The zero-order chi connectivity index (χ0) is 23.3. The van der Waals surface area contributed by atoms with Gasteiger partial charge in [-0.2, -0.15) is 13.2 Å². The van der Waals surface area contributed by atoms with E-state index >= 15 is 4.39 Å². The summed E-state index contributed by atoms with van der Waals surface area (Å²) in [6, 6.07) is 4.84. The van der Waals surface area contributed by atoms with E-state index in [1.807, 2.05) is 0 Å². The molecule has 1 heterocycles. The molecule has 4 nitrogen and oxygen atoms in total. The van der Waals surface area contributed by atoms with E-state index in [1.165, 1.54) is 0 Å². The number of fused-ring (bicyclic) bond motifs is 3. The molecule has 1 aliphatic carbocycles. The van der Waals surface area contributed by atoms with E-state index in [1.54, 1.807) is 0 Å². The van der Waals surface area contributed by atoms with E-state index in [0.717, 1.165) is 24.3 Å². The summed E-state index contributed by atoms with van der Waals surface area (Å²) in [4.78, 5) is -0.371. The van der Waals surface area contributed by atoms with Gasteiger partial charge < -0.3 is 10.5 Å². The third kappa shape index (κ3) is 3.48. The summed E-state index contributed by atoms with van der Waals surface area (Å²) in [7, 11) is -4.42. The highest BCUT2D eigenvalue weighted by molar-refractivity contribution is 7.92. The topological polar surface area (TPSA) is 69.4 Å². The smallest absolute Gasteiger partial charge is 0.416 e. The van der Waals surface area contributed by atoms with Crippen LogP contribution >= 0.6 is 0 Å². The highest BCUT2D eigenvalue weighted by atomic mass is 32.2. The first-order chi connectivity index (χ1) is 15.0. The van der Waals surface area contributed by atoms with Crippen LogP contribution in [0.15, 0.2) is 41.3 Å². The second kappa shape index (κ2) is 7.98. The van der Waals surface area contributed by atoms with Crippen molar-refractivity contribution >= 4 is 9.84 Å². The Bertz CT molecular complexity index is 1120. The highest BCUT2D eigenvalue weighted by Gasteiger charge is 2.59. The molecule has 1 aliphatic heterocycles. The molecule has 0 spiro atoms. The molecule has 0 radical (unpaired) electrons. The van der Waals surface area contributed by atoms with Crippen LogP contribution in [0.2, 0.25) is 0 Å². The van der Waals surface area contributed by atoms with Gasteiger partial charge in [-0.15, -0.1) is 0 Å². The third-order valence-corrected chi connectivity index (χ3v) is 9.25. The Labute approximate surface area is 182 Å². The maximum Gasteiger partial charge on any atom is 0.416 e. The Balaban J connectivity index is 1.91. The van der Waals surface area contributed by atoms with Crippen LogP contribution in [0.5, 0.6) is 5.75 Å². The van der Waals surface area contributed by atoms with Gasteiger partial charge in [0.05, 0.1) is 22.6 Å². The standard InChI is InChI=1S/C22H22F5NO3S/c23-17-5-6-18(24)20-19(17)21(9-7-13(8-10-28)11-15(21)12-31-20)32(29,30)16-3-1-14(2-4-16)22(25,26)27/h1-6,13,15H,7-12,28H2/t13-,15?,21-/m0/s1. The van der Waals surface area contributed by atoms with Gasteiger partial charge in [-0.05, 0) is 74.5 Å². The minimum absolute atomic E-state index is 0.0115. The molecule has 2 aromatic carbocycles. The summed E-state index contributed by atoms with van der Waals surface area (Å²) in [6.45, 7) is 0.255. The predicted octanol–water partition coefficient (Wildman–Crippen LogP) is 4.81. The van der Waals surface area contributed by atoms with Crippen LogP contribution in [0.4, 0.5) is 22.0 Å². The van der Waals surface area contributed by atoms with Crippen LogP contribution < -0.4 is 10.5 Å². The van der Waals surface area contributed by atoms with Gasteiger partial charge in [0.25, 0.3) is 0 Å². The predicted molar refractivity (Wildman–Crippen MR) is 107 cm³/mol. The average Bonchev–Trinajstić information content (AvgIpc) is 2.75. The zero-order valence-corrected chi connectivity index (χ0v) is 17.8. The van der Waals surface area contributed by atoms with Crippen molar-refractivity contribution in [3.63, 3.8) is 0 Å². The van der Waals surface area contributed by atoms with E-state index in [9.17, 15) is 26.0 Å². The van der Waals surface area contributed by atoms with Crippen molar-refractivity contribution in [1.29, 1.82) is 0 Å². The first kappa shape index (κ1) is 23.0. The number of rotatable bonds is 4. The first-order valence-corrected chi connectivity index (χ1v) is 11.7. The van der Waals surface area contributed by atoms with Crippen LogP contribution in [-0.4, -0.2) is 21.6 Å². The van der Waals surface area contributed by atoms with Gasteiger partial charge in [0.1, 0.15) is 10.6 Å². The minimum atomic E-state index is -4.64. The zero-order valence-electron chi connectivity index (χ0n) is 17.0. The van der Waals surface area contributed by atoms with E-state index < -0.39 is 49.6 Å². The van der Waals surface area contributed by atoms with Crippen LogP contribution in [-0.2, 0) is 20.8 Å². The molecule has 174 valence electrons. The molecule has 0 bridgehead atoms. The monoisotopic (exact) mass is 475 g/mol. The van der Waals surface area contributed by atoms with Gasteiger partial charge >= 0.3 is 6.18 Å². The van der Waals surface area contributed by atoms with Gasteiger partial charge in [0, 0.05) is 5.92 Å². The lowest BCUT2D eigenvalue weighted by Crippen LogP contribution is -2.52. The Morgan fingerprint density at radius 3 is 2.34 bits per heavy atom. The van der Waals surface area contributed by atoms with Gasteiger partial charge in [-0.3, -0.25) is 0 Å². The van der Waals surface area contributed by atoms with Crippen LogP contribution in [0.1, 0.15) is 36.8 Å². The minimum Gasteiger partial charge on any atom is -0.490 e. The number of benzene rings is 2. The quantitative estimate of drug-likeness (QED) is 0.645. The molecule has 32 heavy (non-hydrogen) atoms. The lowest BCUT2D eigenvalue weighted by Gasteiger charge is -2.49. The van der Waals surface area contributed by atoms with Crippen molar-refractivity contribution in [2.45, 2.75) is 41.5 Å². The third-order valence-electron chi connectivity index (χ3n) is 6.66. The second-order valence-electron chi connectivity index (χ2n) is 8.37. The molecule has 2 aliphatic rings. The van der Waals surface area contributed by atoms with Crippen molar-refractivity contribution < 1.29 is 35.1 Å². The van der Waals surface area contributed by atoms with Crippen molar-refractivity contribution in [3.05, 3.63) is 59.2 Å². The summed E-state index contributed by atoms with van der Waals surface area (Å²) in [5.41, 5.74) is 4.28. The molecule has 3 atom stereocenters. The maximum atomic E-state index is 15.1. The van der Waals surface area contributed by atoms with Crippen LogP contribution in [0, 0.1) is 23.5 Å². The molecule has 1 unspecified atom stereocenters. The molecule has 0 saturated heterocycles. The molecular formula is C22H22F5NO3S. The molecule has 0 aromatic heterocycles. The maximum absolute atomic E-state index is 15.1. The Morgan fingerprint density at radius 1 is 1.06 bits per heavy atom. The van der Waals surface area contributed by atoms with Crippen molar-refractivity contribution in [2.75, 3.05) is 13.2 Å². The Kier molecular flexibility index (Phi) is 5.73. The van der Waals surface area contributed by atoms with Gasteiger partial charge in [0.2, 0.25) is 0 Å². The lowest BCUT2D eigenvalue weighted by atomic mass is 9.68. The SMILES string of the molecule is NCC[C@@H]1CC[C@@]2(S(=O)(=O)c3ccc(C(F)(F)F)cc3)c3c(F)ccc(F)c3OCC2C1. The number of sulfone groups is 1. The number of ether oxygens (including phenoxy) is 1. The van der Waals surface area contributed by atoms with E-state index in [-0.39, 0.29) is 29.4 Å². The summed E-state index contributed by atoms with van der Waals surface area (Å²) in [5, 5.41) is 0. The summed E-state index contributed by atoms with van der Waals surface area (Å²) in [6.07, 6.45) is -3.23. The normalized spacial score (nSPS) is 25.6. The largest absolute Gasteiger partial charge is 0.490 e. The molecule has 10 heteroatoms. The molecule has 1 fully saturated rings. The van der Waals surface area contributed by atoms with E-state index in [2.05, 4.69) is 0 Å². The van der Waals surface area contributed by atoms with Gasteiger partial charge in [-0.1, -0.05) is 0 Å². The molecule has 1 saturated carbocycles. The van der Waals surface area contributed by atoms with E-state index in [0.29, 0.717) is 37.9 Å². The van der Waals surface area contributed by atoms with Crippen molar-refractivity contribution in [3.8, 4) is 5.75 Å². The Morgan fingerprint density at radius 2 is 1.72 bits per heavy atom.